The molecule has 2 atom stereocenters. The second kappa shape index (κ2) is 6.54. The third kappa shape index (κ3) is 3.59. The van der Waals surface area contributed by atoms with Gasteiger partial charge in [0.15, 0.2) is 5.82 Å². The van der Waals surface area contributed by atoms with E-state index in [1.807, 2.05) is 6.92 Å². The predicted molar refractivity (Wildman–Crippen MR) is 74.9 cm³/mol. The molecule has 0 spiro atoms. The molecule has 1 aliphatic rings. The van der Waals surface area contributed by atoms with E-state index in [0.717, 1.165) is 31.7 Å². The molecule has 0 amide bonds. The first kappa shape index (κ1) is 14.6. The lowest BCUT2D eigenvalue weighted by Gasteiger charge is -2.36. The molecule has 0 radical (unpaired) electrons. The Labute approximate surface area is 118 Å². The molecule has 1 aliphatic heterocycles. The first-order valence-electron chi connectivity index (χ1n) is 6.93. The van der Waals surface area contributed by atoms with Gasteiger partial charge in [0.25, 0.3) is 0 Å². The van der Waals surface area contributed by atoms with Gasteiger partial charge in [-0.25, -0.2) is 0 Å². The molecule has 2 heterocycles. The van der Waals surface area contributed by atoms with Crippen LogP contribution in [0, 0.1) is 11.8 Å². The van der Waals surface area contributed by atoms with Gasteiger partial charge in [-0.15, -0.1) is 0 Å². The van der Waals surface area contributed by atoms with Crippen LogP contribution in [0.1, 0.15) is 26.2 Å². The highest BCUT2D eigenvalue weighted by molar-refractivity contribution is 5.67. The van der Waals surface area contributed by atoms with Crippen LogP contribution >= 0.6 is 0 Å². The highest BCUT2D eigenvalue weighted by Crippen LogP contribution is 2.28. The second-order valence-electron chi connectivity index (χ2n) is 5.34. The van der Waals surface area contributed by atoms with Crippen molar-refractivity contribution >= 4 is 11.8 Å². The Kier molecular flexibility index (Phi) is 4.76. The molecule has 6 nitrogen and oxygen atoms in total. The average molecular weight is 279 g/mol. The molecule has 1 aromatic heterocycles. The van der Waals surface area contributed by atoms with Crippen LogP contribution in [-0.2, 0) is 4.79 Å². The molecular weight excluding hydrogens is 258 g/mol. The van der Waals surface area contributed by atoms with E-state index in [0.29, 0.717) is 11.8 Å². The zero-order chi connectivity index (χ0) is 14.5. The van der Waals surface area contributed by atoms with Gasteiger partial charge in [0.2, 0.25) is 5.88 Å². The number of carboxylic acid groups (broad SMARTS) is 1. The van der Waals surface area contributed by atoms with Crippen molar-refractivity contribution < 1.29 is 14.6 Å². The fourth-order valence-corrected chi connectivity index (χ4v) is 2.71. The molecule has 20 heavy (non-hydrogen) atoms. The third-order valence-corrected chi connectivity index (χ3v) is 3.89. The number of hydrogen-bond donors (Lipinski definition) is 1. The molecule has 2 rings (SSSR count). The van der Waals surface area contributed by atoms with Crippen molar-refractivity contribution in [2.75, 3.05) is 25.1 Å². The topological polar surface area (TPSA) is 75.5 Å². The highest BCUT2D eigenvalue weighted by Gasteiger charge is 2.26. The quantitative estimate of drug-likeness (QED) is 0.886. The van der Waals surface area contributed by atoms with Crippen LogP contribution in [0.2, 0.25) is 0 Å². The SMILES string of the molecule is COc1cncc(N2CCCC(C(C)CC(=O)O)C2)n1. The minimum Gasteiger partial charge on any atom is -0.481 e. The summed E-state index contributed by atoms with van der Waals surface area (Å²) in [7, 11) is 1.57. The number of ether oxygens (including phenoxy) is 1. The lowest BCUT2D eigenvalue weighted by molar-refractivity contribution is -0.138. The lowest BCUT2D eigenvalue weighted by atomic mass is 9.85. The van der Waals surface area contributed by atoms with E-state index in [-0.39, 0.29) is 12.3 Å². The Hall–Kier alpha value is -1.85. The van der Waals surface area contributed by atoms with E-state index in [1.165, 1.54) is 0 Å². The summed E-state index contributed by atoms with van der Waals surface area (Å²) in [4.78, 5) is 21.5. The molecule has 6 heteroatoms. The van der Waals surface area contributed by atoms with Crippen LogP contribution in [0.4, 0.5) is 5.82 Å². The van der Waals surface area contributed by atoms with E-state index >= 15 is 0 Å². The van der Waals surface area contributed by atoms with E-state index in [9.17, 15) is 4.79 Å². The summed E-state index contributed by atoms with van der Waals surface area (Å²) in [6, 6.07) is 0. The zero-order valence-corrected chi connectivity index (χ0v) is 12.0. The van der Waals surface area contributed by atoms with Crippen molar-refractivity contribution in [3.8, 4) is 5.88 Å². The normalized spacial score (nSPS) is 20.5. The molecule has 1 aromatic rings. The van der Waals surface area contributed by atoms with Crippen molar-refractivity contribution in [3.05, 3.63) is 12.4 Å². The van der Waals surface area contributed by atoms with E-state index < -0.39 is 5.97 Å². The predicted octanol–water partition coefficient (Wildman–Crippen LogP) is 1.81. The Morgan fingerprint density at radius 2 is 2.40 bits per heavy atom. The average Bonchev–Trinajstić information content (AvgIpc) is 2.47. The number of aromatic nitrogens is 2. The molecule has 0 aliphatic carbocycles. The number of anilines is 1. The van der Waals surface area contributed by atoms with Crippen LogP contribution in [0.3, 0.4) is 0 Å². The molecule has 0 aromatic carbocycles. The fourth-order valence-electron chi connectivity index (χ4n) is 2.71. The maximum atomic E-state index is 10.8. The smallest absolute Gasteiger partial charge is 0.303 e. The Morgan fingerprint density at radius 1 is 1.60 bits per heavy atom. The standard InChI is InChI=1S/C14H21N3O3/c1-10(6-14(18)19)11-4-3-5-17(9-11)12-7-15-8-13(16-12)20-2/h7-8,10-11H,3-6,9H2,1-2H3,(H,18,19). The summed E-state index contributed by atoms with van der Waals surface area (Å²) >= 11 is 0. The number of aliphatic carboxylic acids is 1. The van der Waals surface area contributed by atoms with Gasteiger partial charge in [-0.2, -0.15) is 4.98 Å². The van der Waals surface area contributed by atoms with E-state index in [2.05, 4.69) is 14.9 Å². The third-order valence-electron chi connectivity index (χ3n) is 3.89. The minimum absolute atomic E-state index is 0.175. The minimum atomic E-state index is -0.726. The summed E-state index contributed by atoms with van der Waals surface area (Å²) in [5, 5.41) is 8.91. The van der Waals surface area contributed by atoms with Crippen molar-refractivity contribution in [1.29, 1.82) is 0 Å². The fraction of sp³-hybridized carbons (Fsp3) is 0.643. The summed E-state index contributed by atoms with van der Waals surface area (Å²) in [6.45, 7) is 3.77. The second-order valence-corrected chi connectivity index (χ2v) is 5.34. The number of methoxy groups -OCH3 is 1. The van der Waals surface area contributed by atoms with E-state index in [4.69, 9.17) is 9.84 Å². The monoisotopic (exact) mass is 279 g/mol. The van der Waals surface area contributed by atoms with Gasteiger partial charge >= 0.3 is 5.97 Å². The highest BCUT2D eigenvalue weighted by atomic mass is 16.5. The molecule has 1 saturated heterocycles. The van der Waals surface area contributed by atoms with Gasteiger partial charge in [-0.3, -0.25) is 9.78 Å². The van der Waals surface area contributed by atoms with Gasteiger partial charge in [-0.05, 0) is 24.7 Å². The summed E-state index contributed by atoms with van der Waals surface area (Å²) < 4.78 is 5.09. The number of carbonyl (C=O) groups is 1. The Balaban J connectivity index is 2.04. The summed E-state index contributed by atoms with van der Waals surface area (Å²) in [5.74, 6) is 1.14. The molecule has 1 N–H and O–H groups in total. The van der Waals surface area contributed by atoms with Crippen LogP contribution in [0.15, 0.2) is 12.4 Å². The van der Waals surface area contributed by atoms with Gasteiger partial charge in [-0.1, -0.05) is 6.92 Å². The molecule has 110 valence electrons. The van der Waals surface area contributed by atoms with Gasteiger partial charge in [0.05, 0.1) is 19.5 Å². The first-order chi connectivity index (χ1) is 9.60. The number of hydrogen-bond acceptors (Lipinski definition) is 5. The van der Waals surface area contributed by atoms with Crippen molar-refractivity contribution in [3.63, 3.8) is 0 Å². The van der Waals surface area contributed by atoms with Crippen LogP contribution in [0.25, 0.3) is 0 Å². The molecule has 2 unspecified atom stereocenters. The van der Waals surface area contributed by atoms with Gasteiger partial charge < -0.3 is 14.7 Å². The largest absolute Gasteiger partial charge is 0.481 e. The van der Waals surface area contributed by atoms with Crippen LogP contribution < -0.4 is 9.64 Å². The summed E-state index contributed by atoms with van der Waals surface area (Å²) in [6.07, 6.45) is 5.66. The van der Waals surface area contributed by atoms with Crippen LogP contribution in [-0.4, -0.2) is 41.2 Å². The first-order valence-corrected chi connectivity index (χ1v) is 6.93. The zero-order valence-electron chi connectivity index (χ0n) is 12.0. The number of rotatable bonds is 5. The molecule has 0 saturated carbocycles. The maximum absolute atomic E-state index is 10.8. The number of piperidine rings is 1. The Bertz CT molecular complexity index is 467. The number of carboxylic acids is 1. The molecule has 0 bridgehead atoms. The maximum Gasteiger partial charge on any atom is 0.303 e. The molecular formula is C14H21N3O3. The van der Waals surface area contributed by atoms with Crippen molar-refractivity contribution in [2.45, 2.75) is 26.2 Å². The Morgan fingerprint density at radius 3 is 3.10 bits per heavy atom. The van der Waals surface area contributed by atoms with Crippen molar-refractivity contribution in [2.24, 2.45) is 11.8 Å². The van der Waals surface area contributed by atoms with Crippen LogP contribution in [0.5, 0.6) is 5.88 Å². The lowest BCUT2D eigenvalue weighted by Crippen LogP contribution is -2.38. The van der Waals surface area contributed by atoms with Gasteiger partial charge in [0, 0.05) is 19.5 Å². The summed E-state index contributed by atoms with van der Waals surface area (Å²) in [5.41, 5.74) is 0. The van der Waals surface area contributed by atoms with E-state index in [1.54, 1.807) is 19.5 Å². The molecule has 1 fully saturated rings. The number of nitrogens with zero attached hydrogens (tertiary/aromatic N) is 3. The van der Waals surface area contributed by atoms with Crippen molar-refractivity contribution in [1.82, 2.24) is 9.97 Å². The van der Waals surface area contributed by atoms with Gasteiger partial charge in [0.1, 0.15) is 0 Å².